The maximum Gasteiger partial charge on any atom is 0.0906 e. The van der Waals surface area contributed by atoms with Crippen molar-refractivity contribution in [2.24, 2.45) is 0 Å². The fraction of sp³-hybridized carbons (Fsp3) is 0.143. The van der Waals surface area contributed by atoms with Crippen molar-refractivity contribution in [3.8, 4) is 0 Å². The highest BCUT2D eigenvalue weighted by Crippen LogP contribution is 2.81. The fourth-order valence-corrected chi connectivity index (χ4v) is 6.75. The van der Waals surface area contributed by atoms with Crippen LogP contribution in [-0.2, 0) is 9.74 Å². The van der Waals surface area contributed by atoms with Gasteiger partial charge in [-0.1, -0.05) is 88.7 Å². The second kappa shape index (κ2) is 3.38. The zero-order chi connectivity index (χ0) is 14.5. The Hall–Kier alpha value is -1.86. The highest BCUT2D eigenvalue weighted by atomic mass is 79.9. The maximum atomic E-state index is 4.21. The van der Waals surface area contributed by atoms with Gasteiger partial charge in [-0.2, -0.15) is 0 Å². The molecule has 0 fully saturated rings. The Morgan fingerprint density at radius 1 is 0.591 bits per heavy atom. The van der Waals surface area contributed by atoms with E-state index in [0.717, 1.165) is 0 Å². The molecule has 3 aromatic rings. The van der Waals surface area contributed by atoms with Crippen LogP contribution >= 0.6 is 15.9 Å². The van der Waals surface area contributed by atoms with E-state index in [1.165, 1.54) is 33.4 Å². The van der Waals surface area contributed by atoms with Crippen molar-refractivity contribution >= 4 is 15.9 Å². The number of hydrogen-bond acceptors (Lipinski definition) is 0. The quantitative estimate of drug-likeness (QED) is 0.498. The number of hydrogen-bond donors (Lipinski definition) is 0. The van der Waals surface area contributed by atoms with Crippen LogP contribution in [0.3, 0.4) is 0 Å². The van der Waals surface area contributed by atoms with E-state index in [4.69, 9.17) is 0 Å². The summed E-state index contributed by atoms with van der Waals surface area (Å²) in [6.07, 6.45) is 0. The normalized spacial score (nSPS) is 31.8. The minimum absolute atomic E-state index is 0.0494. The van der Waals surface area contributed by atoms with Crippen molar-refractivity contribution < 1.29 is 0 Å². The molecule has 1 spiro atoms. The standard InChI is InChI=1S/C21H13Br/c22-21-16-10-4-2-8-14(16)19-13-7-1-3-9-15(13)20(19,21)17-11-5-6-12-18(17)21/h1-12,19H. The van der Waals surface area contributed by atoms with Crippen LogP contribution in [0.2, 0.25) is 0 Å². The Balaban J connectivity index is 1.82. The molecule has 1 heteroatoms. The molecular formula is C21H13Br. The SMILES string of the molecule is BrC12c3ccccc3C3c4ccccc4C31c1ccccc12. The van der Waals surface area contributed by atoms with Crippen molar-refractivity contribution in [3.63, 3.8) is 0 Å². The second-order valence-electron chi connectivity index (χ2n) is 6.62. The molecule has 0 amide bonds. The predicted molar refractivity (Wildman–Crippen MR) is 91.7 cm³/mol. The molecule has 0 heterocycles. The van der Waals surface area contributed by atoms with Crippen molar-refractivity contribution in [2.45, 2.75) is 15.7 Å². The van der Waals surface area contributed by atoms with Gasteiger partial charge in [0.15, 0.2) is 0 Å². The minimum atomic E-state index is -0.0494. The molecule has 0 bridgehead atoms. The van der Waals surface area contributed by atoms with Gasteiger partial charge in [0.05, 0.1) is 9.74 Å². The van der Waals surface area contributed by atoms with Gasteiger partial charge < -0.3 is 0 Å². The highest BCUT2D eigenvalue weighted by Gasteiger charge is 2.76. The average Bonchev–Trinajstić information content (AvgIpc) is 2.72. The van der Waals surface area contributed by atoms with E-state index in [-0.39, 0.29) is 9.74 Å². The zero-order valence-corrected chi connectivity index (χ0v) is 13.5. The molecule has 0 radical (unpaired) electrons. The van der Waals surface area contributed by atoms with Crippen LogP contribution in [0.1, 0.15) is 39.3 Å². The van der Waals surface area contributed by atoms with Crippen LogP contribution in [0.4, 0.5) is 0 Å². The summed E-state index contributed by atoms with van der Waals surface area (Å²) in [5.74, 6) is 0.495. The number of benzene rings is 3. The van der Waals surface area contributed by atoms with Crippen LogP contribution in [0.5, 0.6) is 0 Å². The Labute approximate surface area is 137 Å². The van der Waals surface area contributed by atoms with Gasteiger partial charge in [0.1, 0.15) is 0 Å². The third-order valence-corrected chi connectivity index (χ3v) is 7.52. The molecule has 0 aromatic heterocycles. The Morgan fingerprint density at radius 3 is 1.82 bits per heavy atom. The van der Waals surface area contributed by atoms with E-state index >= 15 is 0 Å². The molecule has 0 saturated heterocycles. The van der Waals surface area contributed by atoms with Gasteiger partial charge in [0.2, 0.25) is 0 Å². The van der Waals surface area contributed by atoms with Crippen molar-refractivity contribution in [1.82, 2.24) is 0 Å². The Bertz CT molecular complexity index is 967. The molecule has 0 nitrogen and oxygen atoms in total. The molecule has 0 N–H and O–H groups in total. The highest BCUT2D eigenvalue weighted by molar-refractivity contribution is 9.09. The van der Waals surface area contributed by atoms with Gasteiger partial charge in [0.25, 0.3) is 0 Å². The van der Waals surface area contributed by atoms with Crippen molar-refractivity contribution in [2.75, 3.05) is 0 Å². The monoisotopic (exact) mass is 344 g/mol. The average molecular weight is 345 g/mol. The summed E-state index contributed by atoms with van der Waals surface area (Å²) in [6.45, 7) is 0. The summed E-state index contributed by atoms with van der Waals surface area (Å²) in [4.78, 5) is 0. The summed E-state index contributed by atoms with van der Waals surface area (Å²) in [7, 11) is 0. The smallest absolute Gasteiger partial charge is 0.0734 e. The van der Waals surface area contributed by atoms with Crippen LogP contribution in [-0.4, -0.2) is 0 Å². The Kier molecular flexibility index (Phi) is 1.80. The number of rotatable bonds is 0. The molecule has 3 aromatic carbocycles. The first kappa shape index (κ1) is 11.7. The first-order chi connectivity index (χ1) is 10.8. The summed E-state index contributed by atoms with van der Waals surface area (Å²) in [5.41, 5.74) is 9.01. The lowest BCUT2D eigenvalue weighted by molar-refractivity contribution is 0.310. The van der Waals surface area contributed by atoms with Gasteiger partial charge in [-0.25, -0.2) is 0 Å². The Morgan fingerprint density at radius 2 is 1.09 bits per heavy atom. The summed E-state index contributed by atoms with van der Waals surface area (Å²) in [5, 5.41) is 0. The van der Waals surface area contributed by atoms with Crippen LogP contribution in [0.25, 0.3) is 0 Å². The third-order valence-electron chi connectivity index (χ3n) is 6.04. The molecule has 0 aliphatic heterocycles. The number of fused-ring (bicyclic) bond motifs is 7. The van der Waals surface area contributed by atoms with Gasteiger partial charge in [-0.15, -0.1) is 0 Å². The molecule has 0 saturated carbocycles. The first-order valence-corrected chi connectivity index (χ1v) is 8.58. The lowest BCUT2D eigenvalue weighted by Crippen LogP contribution is -2.60. The molecule has 6 rings (SSSR count). The van der Waals surface area contributed by atoms with Crippen molar-refractivity contribution in [3.05, 3.63) is 106 Å². The minimum Gasteiger partial charge on any atom is -0.0734 e. The lowest BCUT2D eigenvalue weighted by atomic mass is 9.43. The molecule has 3 unspecified atom stereocenters. The number of halogens is 1. The van der Waals surface area contributed by atoms with Gasteiger partial charge in [0, 0.05) is 5.92 Å². The van der Waals surface area contributed by atoms with Crippen LogP contribution in [0.15, 0.2) is 72.8 Å². The third kappa shape index (κ3) is 0.873. The van der Waals surface area contributed by atoms with Crippen LogP contribution in [0, 0.1) is 0 Å². The van der Waals surface area contributed by atoms with Crippen molar-refractivity contribution in [1.29, 1.82) is 0 Å². The van der Waals surface area contributed by atoms with E-state index in [0.29, 0.717) is 5.92 Å². The second-order valence-corrected chi connectivity index (χ2v) is 7.81. The number of alkyl halides is 1. The van der Waals surface area contributed by atoms with Gasteiger partial charge in [-0.3, -0.25) is 0 Å². The largest absolute Gasteiger partial charge is 0.0906 e. The molecule has 22 heavy (non-hydrogen) atoms. The van der Waals surface area contributed by atoms with E-state index in [1.54, 1.807) is 0 Å². The molecular weight excluding hydrogens is 332 g/mol. The van der Waals surface area contributed by atoms with Gasteiger partial charge >= 0.3 is 0 Å². The summed E-state index contributed by atoms with van der Waals surface area (Å²) in [6, 6.07) is 26.9. The molecule has 3 aliphatic rings. The lowest BCUT2D eigenvalue weighted by Gasteiger charge is -2.62. The fourth-order valence-electron chi connectivity index (χ4n) is 5.39. The van der Waals surface area contributed by atoms with Gasteiger partial charge in [-0.05, 0) is 33.4 Å². The van der Waals surface area contributed by atoms with Crippen LogP contribution < -0.4 is 0 Å². The molecule has 3 aliphatic carbocycles. The topological polar surface area (TPSA) is 0 Å². The van der Waals surface area contributed by atoms with E-state index in [1.807, 2.05) is 0 Å². The molecule has 104 valence electrons. The van der Waals surface area contributed by atoms with E-state index in [2.05, 4.69) is 88.7 Å². The van der Waals surface area contributed by atoms with E-state index in [9.17, 15) is 0 Å². The van der Waals surface area contributed by atoms with E-state index < -0.39 is 0 Å². The maximum absolute atomic E-state index is 4.21. The molecule has 3 atom stereocenters. The summed E-state index contributed by atoms with van der Waals surface area (Å²) < 4.78 is -0.0494. The first-order valence-electron chi connectivity index (χ1n) is 7.79. The predicted octanol–water partition coefficient (Wildman–Crippen LogP) is 5.08. The summed E-state index contributed by atoms with van der Waals surface area (Å²) >= 11 is 4.21. The zero-order valence-electron chi connectivity index (χ0n) is 11.9.